The number of hydrazine groups is 1. The predicted octanol–water partition coefficient (Wildman–Crippen LogP) is 1.96. The van der Waals surface area contributed by atoms with Crippen LogP contribution >= 0.6 is 15.9 Å². The topological polar surface area (TPSA) is 51.2 Å². The first-order valence-corrected chi connectivity index (χ1v) is 4.67. The second-order valence-corrected chi connectivity index (χ2v) is 3.22. The largest absolute Gasteiger partial charge is 0.457 e. The van der Waals surface area contributed by atoms with Crippen LogP contribution in [0.5, 0.6) is 0 Å². The van der Waals surface area contributed by atoms with Crippen molar-refractivity contribution in [2.45, 2.75) is 19.4 Å². The molecular weight excluding hydrogens is 232 g/mol. The van der Waals surface area contributed by atoms with Gasteiger partial charge in [-0.2, -0.15) is 0 Å². The van der Waals surface area contributed by atoms with Crippen LogP contribution in [-0.2, 0) is 0 Å². The van der Waals surface area contributed by atoms with Gasteiger partial charge in [-0.05, 0) is 28.9 Å². The highest BCUT2D eigenvalue weighted by atomic mass is 79.9. The van der Waals surface area contributed by atoms with Gasteiger partial charge >= 0.3 is 0 Å². The standard InChI is InChI=1S/C9H11BrN2O/c1-2-3-4-8(12-11)7-5-6-13-9(7)10/h5-6,8,12H,4,11H2,1H3. The Morgan fingerprint density at radius 3 is 3.00 bits per heavy atom. The smallest absolute Gasteiger partial charge is 0.173 e. The molecule has 3 nitrogen and oxygen atoms in total. The Morgan fingerprint density at radius 1 is 1.77 bits per heavy atom. The summed E-state index contributed by atoms with van der Waals surface area (Å²) < 4.78 is 5.80. The number of hydrogen-bond acceptors (Lipinski definition) is 3. The van der Waals surface area contributed by atoms with Crippen molar-refractivity contribution in [1.29, 1.82) is 0 Å². The van der Waals surface area contributed by atoms with E-state index in [1.165, 1.54) is 0 Å². The van der Waals surface area contributed by atoms with Gasteiger partial charge in [-0.1, -0.05) is 0 Å². The molecule has 0 aromatic carbocycles. The molecule has 1 rings (SSSR count). The zero-order valence-electron chi connectivity index (χ0n) is 7.30. The molecule has 0 radical (unpaired) electrons. The van der Waals surface area contributed by atoms with Gasteiger partial charge in [0.1, 0.15) is 0 Å². The zero-order chi connectivity index (χ0) is 9.68. The van der Waals surface area contributed by atoms with Crippen LogP contribution in [0.15, 0.2) is 21.4 Å². The van der Waals surface area contributed by atoms with E-state index in [9.17, 15) is 0 Å². The molecule has 0 aliphatic rings. The maximum Gasteiger partial charge on any atom is 0.173 e. The number of halogens is 1. The summed E-state index contributed by atoms with van der Waals surface area (Å²) in [4.78, 5) is 0. The first kappa shape index (κ1) is 10.3. The number of nitrogens with one attached hydrogen (secondary N) is 1. The Morgan fingerprint density at radius 2 is 2.54 bits per heavy atom. The fourth-order valence-corrected chi connectivity index (χ4v) is 1.53. The molecule has 0 saturated heterocycles. The Balaban J connectivity index is 2.76. The molecule has 0 aliphatic carbocycles. The number of hydrogen-bond donors (Lipinski definition) is 2. The van der Waals surface area contributed by atoms with Crippen molar-refractivity contribution in [3.05, 3.63) is 22.6 Å². The molecule has 3 N–H and O–H groups in total. The highest BCUT2D eigenvalue weighted by Crippen LogP contribution is 2.25. The van der Waals surface area contributed by atoms with Crippen LogP contribution in [0, 0.1) is 11.8 Å². The average molecular weight is 243 g/mol. The fourth-order valence-electron chi connectivity index (χ4n) is 1.02. The van der Waals surface area contributed by atoms with Gasteiger partial charge in [0.15, 0.2) is 4.67 Å². The van der Waals surface area contributed by atoms with E-state index in [2.05, 4.69) is 33.2 Å². The molecule has 1 aromatic heterocycles. The molecule has 0 amide bonds. The van der Waals surface area contributed by atoms with Crippen LogP contribution in [0.1, 0.15) is 24.9 Å². The lowest BCUT2D eigenvalue weighted by Gasteiger charge is -2.10. The third-order valence-electron chi connectivity index (χ3n) is 1.71. The van der Waals surface area contributed by atoms with E-state index >= 15 is 0 Å². The van der Waals surface area contributed by atoms with Crippen molar-refractivity contribution in [2.75, 3.05) is 0 Å². The normalized spacial score (nSPS) is 11.9. The second-order valence-electron chi connectivity index (χ2n) is 2.50. The van der Waals surface area contributed by atoms with Gasteiger partial charge in [0.05, 0.1) is 12.3 Å². The molecule has 1 aromatic rings. The van der Waals surface area contributed by atoms with Crippen LogP contribution in [0.3, 0.4) is 0 Å². The lowest BCUT2D eigenvalue weighted by molar-refractivity contribution is 0.512. The van der Waals surface area contributed by atoms with E-state index in [1.807, 2.05) is 6.07 Å². The van der Waals surface area contributed by atoms with Crippen molar-refractivity contribution < 1.29 is 4.42 Å². The zero-order valence-corrected chi connectivity index (χ0v) is 8.89. The summed E-state index contributed by atoms with van der Waals surface area (Å²) in [6, 6.07) is 1.88. The predicted molar refractivity (Wildman–Crippen MR) is 54.5 cm³/mol. The summed E-state index contributed by atoms with van der Waals surface area (Å²) >= 11 is 3.29. The number of furan rings is 1. The van der Waals surface area contributed by atoms with E-state index in [0.29, 0.717) is 11.1 Å². The third kappa shape index (κ3) is 2.59. The molecule has 1 atom stereocenters. The summed E-state index contributed by atoms with van der Waals surface area (Å²) in [5, 5.41) is 0. The maximum atomic E-state index is 5.39. The minimum Gasteiger partial charge on any atom is -0.457 e. The van der Waals surface area contributed by atoms with Gasteiger partial charge in [-0.25, -0.2) is 0 Å². The van der Waals surface area contributed by atoms with Gasteiger partial charge in [0, 0.05) is 12.0 Å². The minimum absolute atomic E-state index is 0.0144. The SMILES string of the molecule is CC#CCC(NN)c1ccoc1Br. The van der Waals surface area contributed by atoms with Crippen molar-refractivity contribution in [3.63, 3.8) is 0 Å². The summed E-state index contributed by atoms with van der Waals surface area (Å²) in [5.41, 5.74) is 3.68. The molecule has 0 spiro atoms. The second kappa shape index (κ2) is 5.07. The molecule has 4 heteroatoms. The van der Waals surface area contributed by atoms with Crippen LogP contribution < -0.4 is 11.3 Å². The molecule has 0 fully saturated rings. The summed E-state index contributed by atoms with van der Waals surface area (Å²) in [6.07, 6.45) is 2.29. The van der Waals surface area contributed by atoms with Gasteiger partial charge in [-0.3, -0.25) is 11.3 Å². The van der Waals surface area contributed by atoms with E-state index in [4.69, 9.17) is 10.3 Å². The third-order valence-corrected chi connectivity index (χ3v) is 2.35. The molecule has 0 bridgehead atoms. The summed E-state index contributed by atoms with van der Waals surface area (Å²) in [7, 11) is 0. The molecule has 1 unspecified atom stereocenters. The molecular formula is C9H11BrN2O. The Bertz CT molecular complexity index is 324. The Hall–Kier alpha value is -0.760. The van der Waals surface area contributed by atoms with Crippen LogP contribution in [0.2, 0.25) is 0 Å². The molecule has 70 valence electrons. The summed E-state index contributed by atoms with van der Waals surface area (Å²) in [5.74, 6) is 11.2. The molecule has 0 saturated carbocycles. The van der Waals surface area contributed by atoms with E-state index in [1.54, 1.807) is 13.2 Å². The van der Waals surface area contributed by atoms with Crippen LogP contribution in [0.25, 0.3) is 0 Å². The number of rotatable bonds is 3. The van der Waals surface area contributed by atoms with Crippen LogP contribution in [-0.4, -0.2) is 0 Å². The first-order chi connectivity index (χ1) is 6.29. The highest BCUT2D eigenvalue weighted by molar-refractivity contribution is 9.10. The lowest BCUT2D eigenvalue weighted by atomic mass is 10.1. The van der Waals surface area contributed by atoms with Crippen LogP contribution in [0.4, 0.5) is 0 Å². The van der Waals surface area contributed by atoms with E-state index in [-0.39, 0.29) is 6.04 Å². The average Bonchev–Trinajstić information content (AvgIpc) is 2.54. The van der Waals surface area contributed by atoms with Crippen molar-refractivity contribution >= 4 is 15.9 Å². The maximum absolute atomic E-state index is 5.39. The lowest BCUT2D eigenvalue weighted by Crippen LogP contribution is -2.27. The van der Waals surface area contributed by atoms with Gasteiger partial charge in [-0.15, -0.1) is 11.8 Å². The Kier molecular flexibility index (Phi) is 4.03. The fraction of sp³-hybridized carbons (Fsp3) is 0.333. The molecule has 13 heavy (non-hydrogen) atoms. The van der Waals surface area contributed by atoms with Crippen molar-refractivity contribution in [2.24, 2.45) is 5.84 Å². The van der Waals surface area contributed by atoms with Crippen molar-refractivity contribution in [3.8, 4) is 11.8 Å². The first-order valence-electron chi connectivity index (χ1n) is 3.88. The van der Waals surface area contributed by atoms with Crippen molar-refractivity contribution in [1.82, 2.24) is 5.43 Å². The molecule has 0 aliphatic heterocycles. The number of nitrogens with two attached hydrogens (primary N) is 1. The minimum atomic E-state index is 0.0144. The van der Waals surface area contributed by atoms with Gasteiger partial charge in [0.2, 0.25) is 0 Å². The quantitative estimate of drug-likeness (QED) is 0.484. The van der Waals surface area contributed by atoms with E-state index in [0.717, 1.165) is 5.56 Å². The monoisotopic (exact) mass is 242 g/mol. The van der Waals surface area contributed by atoms with E-state index < -0.39 is 0 Å². The molecule has 1 heterocycles. The highest BCUT2D eigenvalue weighted by Gasteiger charge is 2.13. The van der Waals surface area contributed by atoms with Gasteiger partial charge in [0.25, 0.3) is 0 Å². The summed E-state index contributed by atoms with van der Waals surface area (Å²) in [6.45, 7) is 1.80. The van der Waals surface area contributed by atoms with Gasteiger partial charge < -0.3 is 4.42 Å². The Labute approximate surface area is 85.8 Å².